The van der Waals surface area contributed by atoms with E-state index in [0.717, 1.165) is 17.7 Å². The Balaban J connectivity index is 2.24. The van der Waals surface area contributed by atoms with Crippen LogP contribution in [0.5, 0.6) is 0 Å². The maximum Gasteiger partial charge on any atom is 0.433 e. The fourth-order valence-corrected chi connectivity index (χ4v) is 1.89. The number of anilines is 1. The first kappa shape index (κ1) is 15.1. The molecule has 21 heavy (non-hydrogen) atoms. The van der Waals surface area contributed by atoms with Gasteiger partial charge >= 0.3 is 6.18 Å². The summed E-state index contributed by atoms with van der Waals surface area (Å²) in [4.78, 5) is 3.46. The van der Waals surface area contributed by atoms with Crippen LogP contribution in [0.1, 0.15) is 16.8 Å². The van der Waals surface area contributed by atoms with Gasteiger partial charge in [0.1, 0.15) is 17.6 Å². The van der Waals surface area contributed by atoms with Crippen LogP contribution in [0.2, 0.25) is 5.02 Å². The Morgan fingerprint density at radius 1 is 1.24 bits per heavy atom. The summed E-state index contributed by atoms with van der Waals surface area (Å²) in [5, 5.41) is 12.2. The standard InChI is InChI=1S/C14H9ClF3N3/c15-11-3-1-2-9(6-11)8-20-13-10(7-19)4-5-12(21-13)14(16,17)18/h1-6H,8H2,(H,20,21). The number of nitriles is 1. The number of halogens is 4. The van der Waals surface area contributed by atoms with Crippen molar-refractivity contribution in [1.82, 2.24) is 4.98 Å². The van der Waals surface area contributed by atoms with Gasteiger partial charge in [0, 0.05) is 11.6 Å². The number of nitrogens with zero attached hydrogens (tertiary/aromatic N) is 2. The van der Waals surface area contributed by atoms with Gasteiger partial charge in [-0.25, -0.2) is 4.98 Å². The van der Waals surface area contributed by atoms with Crippen LogP contribution in [0.25, 0.3) is 0 Å². The van der Waals surface area contributed by atoms with Gasteiger partial charge in [-0.2, -0.15) is 18.4 Å². The number of aromatic nitrogens is 1. The number of benzene rings is 1. The average Bonchev–Trinajstić information content (AvgIpc) is 2.44. The van der Waals surface area contributed by atoms with Crippen molar-refractivity contribution in [2.24, 2.45) is 0 Å². The Kier molecular flexibility index (Phi) is 4.34. The highest BCUT2D eigenvalue weighted by Crippen LogP contribution is 2.29. The van der Waals surface area contributed by atoms with E-state index in [1.807, 2.05) is 0 Å². The van der Waals surface area contributed by atoms with Gasteiger partial charge in [0.25, 0.3) is 0 Å². The number of hydrogen-bond donors (Lipinski definition) is 1. The minimum Gasteiger partial charge on any atom is -0.365 e. The quantitative estimate of drug-likeness (QED) is 0.922. The Morgan fingerprint density at radius 2 is 2.00 bits per heavy atom. The number of alkyl halides is 3. The normalized spacial score (nSPS) is 11.0. The highest BCUT2D eigenvalue weighted by atomic mass is 35.5. The van der Waals surface area contributed by atoms with E-state index in [-0.39, 0.29) is 17.9 Å². The number of nitrogens with one attached hydrogen (secondary N) is 1. The molecule has 0 spiro atoms. The molecule has 0 aliphatic rings. The topological polar surface area (TPSA) is 48.7 Å². The second kappa shape index (κ2) is 6.02. The van der Waals surface area contributed by atoms with Crippen LogP contribution in [0.15, 0.2) is 36.4 Å². The molecular formula is C14H9ClF3N3. The van der Waals surface area contributed by atoms with E-state index in [1.165, 1.54) is 0 Å². The molecule has 1 aromatic carbocycles. The molecule has 0 unspecified atom stereocenters. The van der Waals surface area contributed by atoms with Crippen LogP contribution in [0, 0.1) is 11.3 Å². The molecular weight excluding hydrogens is 303 g/mol. The lowest BCUT2D eigenvalue weighted by Gasteiger charge is -2.11. The number of pyridine rings is 1. The largest absolute Gasteiger partial charge is 0.433 e. The second-order valence-corrected chi connectivity index (χ2v) is 4.62. The van der Waals surface area contributed by atoms with Crippen molar-refractivity contribution in [3.63, 3.8) is 0 Å². The molecule has 108 valence electrons. The Morgan fingerprint density at radius 3 is 2.62 bits per heavy atom. The molecule has 0 radical (unpaired) electrons. The zero-order valence-corrected chi connectivity index (χ0v) is 11.3. The molecule has 0 aliphatic heterocycles. The summed E-state index contributed by atoms with van der Waals surface area (Å²) in [7, 11) is 0. The summed E-state index contributed by atoms with van der Waals surface area (Å²) in [6, 6.07) is 10.5. The average molecular weight is 312 g/mol. The van der Waals surface area contributed by atoms with Crippen molar-refractivity contribution in [3.8, 4) is 6.07 Å². The summed E-state index contributed by atoms with van der Waals surface area (Å²) >= 11 is 5.83. The molecule has 0 saturated heterocycles. The predicted molar refractivity (Wildman–Crippen MR) is 72.7 cm³/mol. The third kappa shape index (κ3) is 3.86. The van der Waals surface area contributed by atoms with E-state index in [9.17, 15) is 13.2 Å². The maximum absolute atomic E-state index is 12.6. The van der Waals surface area contributed by atoms with E-state index in [4.69, 9.17) is 16.9 Å². The first-order valence-electron chi connectivity index (χ1n) is 5.87. The molecule has 7 heteroatoms. The minimum absolute atomic E-state index is 0.0463. The van der Waals surface area contributed by atoms with Gasteiger partial charge in [-0.15, -0.1) is 0 Å². The number of hydrogen-bond acceptors (Lipinski definition) is 3. The lowest BCUT2D eigenvalue weighted by atomic mass is 10.2. The molecule has 1 N–H and O–H groups in total. The molecule has 0 bridgehead atoms. The molecule has 0 fully saturated rings. The summed E-state index contributed by atoms with van der Waals surface area (Å²) in [5.41, 5.74) is -0.231. The Labute approximate surface area is 124 Å². The minimum atomic E-state index is -4.56. The molecule has 1 heterocycles. The van der Waals surface area contributed by atoms with Gasteiger partial charge in [-0.05, 0) is 29.8 Å². The number of rotatable bonds is 3. The fraction of sp³-hybridized carbons (Fsp3) is 0.143. The van der Waals surface area contributed by atoms with E-state index < -0.39 is 11.9 Å². The lowest BCUT2D eigenvalue weighted by Crippen LogP contribution is -2.11. The monoisotopic (exact) mass is 311 g/mol. The lowest BCUT2D eigenvalue weighted by molar-refractivity contribution is -0.141. The van der Waals surface area contributed by atoms with Crippen LogP contribution in [0.4, 0.5) is 19.0 Å². The molecule has 2 aromatic rings. The van der Waals surface area contributed by atoms with Gasteiger partial charge in [-0.1, -0.05) is 23.7 Å². The summed E-state index contributed by atoms with van der Waals surface area (Å²) in [5.74, 6) is -0.104. The van der Waals surface area contributed by atoms with Gasteiger partial charge in [0.15, 0.2) is 0 Å². The highest BCUT2D eigenvalue weighted by molar-refractivity contribution is 6.30. The van der Waals surface area contributed by atoms with Gasteiger partial charge in [-0.3, -0.25) is 0 Å². The van der Waals surface area contributed by atoms with Crippen LogP contribution < -0.4 is 5.32 Å². The third-order valence-electron chi connectivity index (χ3n) is 2.66. The van der Waals surface area contributed by atoms with Gasteiger partial charge < -0.3 is 5.32 Å². The highest BCUT2D eigenvalue weighted by Gasteiger charge is 2.33. The third-order valence-corrected chi connectivity index (χ3v) is 2.89. The van der Waals surface area contributed by atoms with E-state index in [0.29, 0.717) is 5.02 Å². The van der Waals surface area contributed by atoms with Crippen molar-refractivity contribution in [1.29, 1.82) is 5.26 Å². The maximum atomic E-state index is 12.6. The van der Waals surface area contributed by atoms with Crippen molar-refractivity contribution in [2.75, 3.05) is 5.32 Å². The molecule has 0 aliphatic carbocycles. The first-order chi connectivity index (χ1) is 9.90. The van der Waals surface area contributed by atoms with E-state index in [2.05, 4.69) is 10.3 Å². The summed E-state index contributed by atoms with van der Waals surface area (Å²) in [6.45, 7) is 0.212. The smallest absolute Gasteiger partial charge is 0.365 e. The van der Waals surface area contributed by atoms with E-state index >= 15 is 0 Å². The van der Waals surface area contributed by atoms with Crippen molar-refractivity contribution < 1.29 is 13.2 Å². The molecule has 0 atom stereocenters. The zero-order chi connectivity index (χ0) is 15.5. The molecule has 3 nitrogen and oxygen atoms in total. The predicted octanol–water partition coefficient (Wildman–Crippen LogP) is 4.24. The molecule has 2 rings (SSSR count). The van der Waals surface area contributed by atoms with Crippen LogP contribution in [-0.4, -0.2) is 4.98 Å². The van der Waals surface area contributed by atoms with Crippen molar-refractivity contribution >= 4 is 17.4 Å². The summed E-state index contributed by atoms with van der Waals surface area (Å²) < 4.78 is 37.9. The molecule has 1 aromatic heterocycles. The van der Waals surface area contributed by atoms with Crippen molar-refractivity contribution in [3.05, 3.63) is 58.2 Å². The molecule has 0 saturated carbocycles. The van der Waals surface area contributed by atoms with Crippen LogP contribution in [-0.2, 0) is 12.7 Å². The SMILES string of the molecule is N#Cc1ccc(C(F)(F)F)nc1NCc1cccc(Cl)c1. The Bertz CT molecular complexity index is 693. The van der Waals surface area contributed by atoms with Gasteiger partial charge in [0.05, 0.1) is 5.56 Å². The Hall–Kier alpha value is -2.26. The van der Waals surface area contributed by atoms with Crippen LogP contribution in [0.3, 0.4) is 0 Å². The van der Waals surface area contributed by atoms with Crippen molar-refractivity contribution in [2.45, 2.75) is 12.7 Å². The fourth-order valence-electron chi connectivity index (χ4n) is 1.67. The second-order valence-electron chi connectivity index (χ2n) is 4.19. The molecule has 0 amide bonds. The zero-order valence-electron chi connectivity index (χ0n) is 10.6. The van der Waals surface area contributed by atoms with Crippen LogP contribution >= 0.6 is 11.6 Å². The summed E-state index contributed by atoms with van der Waals surface area (Å²) in [6.07, 6.45) is -4.56. The van der Waals surface area contributed by atoms with E-state index in [1.54, 1.807) is 30.3 Å². The first-order valence-corrected chi connectivity index (χ1v) is 6.24. The van der Waals surface area contributed by atoms with Gasteiger partial charge in [0.2, 0.25) is 0 Å².